The summed E-state index contributed by atoms with van der Waals surface area (Å²) < 4.78 is 18.9. The molecule has 1 aromatic carbocycles. The molecule has 150 valence electrons. The number of amides is 1. The molecule has 0 radical (unpaired) electrons. The minimum atomic E-state index is -0.709. The van der Waals surface area contributed by atoms with Crippen LogP contribution in [0.3, 0.4) is 0 Å². The van der Waals surface area contributed by atoms with Crippen molar-refractivity contribution in [2.45, 2.75) is 33.0 Å². The first-order valence-corrected chi connectivity index (χ1v) is 9.38. The maximum atomic E-state index is 12.6. The number of imidazole rings is 1. The Bertz CT molecular complexity index is 1100. The lowest BCUT2D eigenvalue weighted by Crippen LogP contribution is -2.31. The van der Waals surface area contributed by atoms with Crippen LogP contribution in [0.1, 0.15) is 40.5 Å². The molecule has 1 amide bonds. The van der Waals surface area contributed by atoms with Gasteiger partial charge in [0.25, 0.3) is 5.91 Å². The molecule has 8 heteroatoms. The molecule has 0 saturated heterocycles. The van der Waals surface area contributed by atoms with Gasteiger partial charge in [0, 0.05) is 18.9 Å². The fourth-order valence-corrected chi connectivity index (χ4v) is 3.27. The van der Waals surface area contributed by atoms with Gasteiger partial charge in [-0.1, -0.05) is 12.1 Å². The monoisotopic (exact) mass is 395 g/mol. The molecule has 1 unspecified atom stereocenters. The number of hydrogen-bond acceptors (Lipinski definition) is 6. The number of aryl methyl sites for hydroxylation is 2. The number of carbonyl (C=O) groups is 1. The number of ether oxygens (including phenoxy) is 2. The topological polar surface area (TPSA) is 95.6 Å². The molecule has 1 aliphatic heterocycles. The van der Waals surface area contributed by atoms with Gasteiger partial charge in [-0.25, -0.2) is 9.78 Å². The van der Waals surface area contributed by atoms with Gasteiger partial charge in [0.15, 0.2) is 23.4 Å². The molecule has 3 heterocycles. The van der Waals surface area contributed by atoms with E-state index in [0.717, 1.165) is 6.54 Å². The Balaban J connectivity index is 1.51. The zero-order valence-electron chi connectivity index (χ0n) is 16.2. The molecular weight excluding hydrogens is 374 g/mol. The molecule has 0 spiro atoms. The van der Waals surface area contributed by atoms with Crippen molar-refractivity contribution in [1.29, 1.82) is 0 Å². The molecule has 1 atom stereocenters. The fourth-order valence-electron chi connectivity index (χ4n) is 3.27. The molecule has 4 rings (SSSR count). The van der Waals surface area contributed by atoms with E-state index in [0.29, 0.717) is 28.6 Å². The summed E-state index contributed by atoms with van der Waals surface area (Å²) in [7, 11) is 0. The highest BCUT2D eigenvalue weighted by molar-refractivity contribution is 5.95. The van der Waals surface area contributed by atoms with E-state index >= 15 is 0 Å². The quantitative estimate of drug-likeness (QED) is 0.714. The summed E-state index contributed by atoms with van der Waals surface area (Å²) in [4.78, 5) is 29.3. The summed E-state index contributed by atoms with van der Waals surface area (Å²) >= 11 is 0. The lowest BCUT2D eigenvalue weighted by Gasteiger charge is -2.25. The lowest BCUT2D eigenvalue weighted by molar-refractivity contribution is 0.0721. The van der Waals surface area contributed by atoms with E-state index in [9.17, 15) is 9.59 Å². The van der Waals surface area contributed by atoms with Crippen molar-refractivity contribution in [2.75, 3.05) is 6.61 Å². The van der Waals surface area contributed by atoms with Crippen molar-refractivity contribution in [3.8, 4) is 11.5 Å². The number of hydrogen-bond donors (Lipinski definition) is 1. The predicted octanol–water partition coefficient (Wildman–Crippen LogP) is 2.61. The fraction of sp³-hybridized carbons (Fsp3) is 0.286. The van der Waals surface area contributed by atoms with Gasteiger partial charge < -0.3 is 23.8 Å². The molecule has 0 bridgehead atoms. The average molecular weight is 395 g/mol. The van der Waals surface area contributed by atoms with Crippen molar-refractivity contribution < 1.29 is 18.7 Å². The Labute approximate surface area is 167 Å². The minimum absolute atomic E-state index is 0.0273. The molecule has 0 fully saturated rings. The average Bonchev–Trinajstić information content (AvgIpc) is 3.19. The van der Waals surface area contributed by atoms with Crippen LogP contribution in [0, 0.1) is 6.92 Å². The Morgan fingerprint density at radius 1 is 1.31 bits per heavy atom. The second-order valence-corrected chi connectivity index (χ2v) is 6.67. The van der Waals surface area contributed by atoms with Gasteiger partial charge in [-0.2, -0.15) is 0 Å². The second kappa shape index (κ2) is 7.83. The van der Waals surface area contributed by atoms with Gasteiger partial charge in [0.05, 0.1) is 6.54 Å². The van der Waals surface area contributed by atoms with Crippen LogP contribution in [-0.2, 0) is 13.1 Å². The van der Waals surface area contributed by atoms with Crippen LogP contribution in [0.15, 0.2) is 51.9 Å². The summed E-state index contributed by atoms with van der Waals surface area (Å²) in [5.74, 6) is 1.76. The highest BCUT2D eigenvalue weighted by Crippen LogP contribution is 2.35. The first-order chi connectivity index (χ1) is 14.1. The molecule has 1 N–H and O–H groups in total. The van der Waals surface area contributed by atoms with Crippen LogP contribution in [0.4, 0.5) is 0 Å². The largest absolute Gasteiger partial charge is 0.485 e. The number of para-hydroxylation sites is 2. The van der Waals surface area contributed by atoms with E-state index in [1.807, 2.05) is 35.9 Å². The summed E-state index contributed by atoms with van der Waals surface area (Å²) in [6.45, 7) is 4.86. The highest BCUT2D eigenvalue weighted by atomic mass is 16.6. The van der Waals surface area contributed by atoms with Crippen LogP contribution < -0.4 is 20.4 Å². The molecular formula is C21H21N3O5. The second-order valence-electron chi connectivity index (χ2n) is 6.67. The number of rotatable bonds is 5. The van der Waals surface area contributed by atoms with Gasteiger partial charge in [0.2, 0.25) is 0 Å². The summed E-state index contributed by atoms with van der Waals surface area (Å²) in [6.07, 6.45) is 2.94. The first-order valence-electron chi connectivity index (χ1n) is 9.38. The number of nitrogens with zero attached hydrogens (tertiary/aromatic N) is 2. The van der Waals surface area contributed by atoms with Crippen molar-refractivity contribution in [2.24, 2.45) is 0 Å². The zero-order chi connectivity index (χ0) is 20.4. The van der Waals surface area contributed by atoms with Gasteiger partial charge in [-0.15, -0.1) is 0 Å². The molecule has 3 aromatic rings. The van der Waals surface area contributed by atoms with Crippen LogP contribution in [-0.4, -0.2) is 22.1 Å². The van der Waals surface area contributed by atoms with Crippen molar-refractivity contribution in [3.63, 3.8) is 0 Å². The van der Waals surface area contributed by atoms with Crippen LogP contribution >= 0.6 is 0 Å². The van der Waals surface area contributed by atoms with Gasteiger partial charge in [-0.05, 0) is 37.6 Å². The standard InChI is InChI=1S/C21H21N3O5/c1-3-24-9-8-22-18(24)11-23-20(25)19-13(2)10-16(29-21(19)26)17-12-27-14-6-4-5-7-15(14)28-17/h4-10,17H,3,11-12H2,1-2H3,(H,23,25). The molecule has 1 aliphatic rings. The highest BCUT2D eigenvalue weighted by Gasteiger charge is 2.27. The van der Waals surface area contributed by atoms with Crippen molar-refractivity contribution in [1.82, 2.24) is 14.9 Å². The molecule has 0 aliphatic carbocycles. The molecule has 29 heavy (non-hydrogen) atoms. The Morgan fingerprint density at radius 2 is 2.10 bits per heavy atom. The van der Waals surface area contributed by atoms with Crippen molar-refractivity contribution >= 4 is 5.91 Å². The first kappa shape index (κ1) is 18.8. The Hall–Kier alpha value is -3.55. The van der Waals surface area contributed by atoms with E-state index in [2.05, 4.69) is 10.3 Å². The predicted molar refractivity (Wildman–Crippen MR) is 104 cm³/mol. The van der Waals surface area contributed by atoms with E-state index in [1.165, 1.54) is 0 Å². The lowest BCUT2D eigenvalue weighted by atomic mass is 10.1. The van der Waals surface area contributed by atoms with Crippen LogP contribution in [0.25, 0.3) is 0 Å². The SMILES string of the molecule is CCn1ccnc1CNC(=O)c1c(C)cc(C2COc3ccccc3O2)oc1=O. The third-order valence-electron chi connectivity index (χ3n) is 4.77. The normalized spacial score (nSPS) is 15.2. The van der Waals surface area contributed by atoms with Gasteiger partial charge in [-0.3, -0.25) is 4.79 Å². The minimum Gasteiger partial charge on any atom is -0.485 e. The summed E-state index contributed by atoms with van der Waals surface area (Å²) in [5.41, 5.74) is -0.227. The summed E-state index contributed by atoms with van der Waals surface area (Å²) in [6, 6.07) is 8.93. The zero-order valence-corrected chi connectivity index (χ0v) is 16.2. The number of nitrogens with one attached hydrogen (secondary N) is 1. The Kier molecular flexibility index (Phi) is 5.07. The van der Waals surface area contributed by atoms with E-state index < -0.39 is 17.6 Å². The molecule has 8 nitrogen and oxygen atoms in total. The van der Waals surface area contributed by atoms with E-state index in [1.54, 1.807) is 25.3 Å². The molecule has 0 saturated carbocycles. The maximum absolute atomic E-state index is 12.6. The van der Waals surface area contributed by atoms with E-state index in [-0.39, 0.29) is 18.7 Å². The van der Waals surface area contributed by atoms with Gasteiger partial charge in [0.1, 0.15) is 18.0 Å². The van der Waals surface area contributed by atoms with Gasteiger partial charge >= 0.3 is 5.63 Å². The number of aromatic nitrogens is 2. The smallest absolute Gasteiger partial charge is 0.349 e. The third kappa shape index (κ3) is 3.73. The van der Waals surface area contributed by atoms with Crippen LogP contribution in [0.2, 0.25) is 0 Å². The number of benzene rings is 1. The number of carbonyl (C=O) groups excluding carboxylic acids is 1. The molecule has 2 aromatic heterocycles. The maximum Gasteiger partial charge on any atom is 0.349 e. The third-order valence-corrected chi connectivity index (χ3v) is 4.77. The van der Waals surface area contributed by atoms with E-state index in [4.69, 9.17) is 13.9 Å². The summed E-state index contributed by atoms with van der Waals surface area (Å²) in [5, 5.41) is 2.73. The Morgan fingerprint density at radius 3 is 2.86 bits per heavy atom. The van der Waals surface area contributed by atoms with Crippen molar-refractivity contribution in [3.05, 3.63) is 75.9 Å². The number of fused-ring (bicyclic) bond motifs is 1. The van der Waals surface area contributed by atoms with Crippen LogP contribution in [0.5, 0.6) is 11.5 Å².